The van der Waals surface area contributed by atoms with E-state index in [-0.39, 0.29) is 34.7 Å². The SMILES string of the molecule is CC1(C)[C@@H](NC(=O)c2cccnc2C(N)=O)C[C@H]1Oc1ccccc1. The van der Waals surface area contributed by atoms with Gasteiger partial charge < -0.3 is 15.8 Å². The molecule has 0 bridgehead atoms. The molecule has 25 heavy (non-hydrogen) atoms. The van der Waals surface area contributed by atoms with Crippen molar-refractivity contribution in [3.8, 4) is 5.75 Å². The fraction of sp³-hybridized carbons (Fsp3) is 0.316. The molecule has 2 atom stereocenters. The lowest BCUT2D eigenvalue weighted by atomic mass is 9.64. The molecule has 3 N–H and O–H groups in total. The Balaban J connectivity index is 1.67. The summed E-state index contributed by atoms with van der Waals surface area (Å²) in [6.07, 6.45) is 2.14. The van der Waals surface area contributed by atoms with Crippen LogP contribution in [-0.4, -0.2) is 28.9 Å². The van der Waals surface area contributed by atoms with E-state index in [0.29, 0.717) is 6.42 Å². The van der Waals surface area contributed by atoms with Gasteiger partial charge in [0.05, 0.1) is 5.56 Å². The third-order valence-corrected chi connectivity index (χ3v) is 4.79. The van der Waals surface area contributed by atoms with Gasteiger partial charge >= 0.3 is 0 Å². The van der Waals surface area contributed by atoms with Crippen molar-refractivity contribution in [2.24, 2.45) is 11.1 Å². The van der Waals surface area contributed by atoms with Crippen molar-refractivity contribution in [1.29, 1.82) is 0 Å². The Morgan fingerprint density at radius 1 is 1.20 bits per heavy atom. The zero-order chi connectivity index (χ0) is 18.0. The second-order valence-electron chi connectivity index (χ2n) is 6.77. The first kappa shape index (κ1) is 17.0. The highest BCUT2D eigenvalue weighted by Gasteiger charge is 2.50. The quantitative estimate of drug-likeness (QED) is 0.873. The molecular formula is C19H21N3O3. The Hall–Kier alpha value is -2.89. The molecule has 2 amide bonds. The van der Waals surface area contributed by atoms with Crippen LogP contribution in [-0.2, 0) is 0 Å². The molecule has 1 saturated carbocycles. The second-order valence-corrected chi connectivity index (χ2v) is 6.77. The number of hydrogen-bond donors (Lipinski definition) is 2. The number of nitrogens with zero attached hydrogens (tertiary/aromatic N) is 1. The lowest BCUT2D eigenvalue weighted by molar-refractivity contribution is -0.0515. The molecule has 1 aliphatic carbocycles. The van der Waals surface area contributed by atoms with Crippen LogP contribution in [0, 0.1) is 5.41 Å². The van der Waals surface area contributed by atoms with Gasteiger partial charge in [0.25, 0.3) is 11.8 Å². The summed E-state index contributed by atoms with van der Waals surface area (Å²) in [7, 11) is 0. The van der Waals surface area contributed by atoms with Crippen molar-refractivity contribution in [1.82, 2.24) is 10.3 Å². The lowest BCUT2D eigenvalue weighted by Gasteiger charge is -2.51. The summed E-state index contributed by atoms with van der Waals surface area (Å²) in [6.45, 7) is 4.10. The van der Waals surface area contributed by atoms with Gasteiger partial charge in [-0.15, -0.1) is 0 Å². The number of nitrogens with two attached hydrogens (primary N) is 1. The minimum absolute atomic E-state index is 0.00436. The summed E-state index contributed by atoms with van der Waals surface area (Å²) in [4.78, 5) is 27.9. The van der Waals surface area contributed by atoms with E-state index in [4.69, 9.17) is 10.5 Å². The number of rotatable bonds is 5. The summed E-state index contributed by atoms with van der Waals surface area (Å²) >= 11 is 0. The predicted octanol–water partition coefficient (Wildman–Crippen LogP) is 2.16. The van der Waals surface area contributed by atoms with Gasteiger partial charge in [-0.2, -0.15) is 0 Å². The van der Waals surface area contributed by atoms with E-state index in [0.717, 1.165) is 5.75 Å². The molecule has 1 fully saturated rings. The average Bonchev–Trinajstić information content (AvgIpc) is 2.61. The third kappa shape index (κ3) is 3.33. The number of benzene rings is 1. The zero-order valence-electron chi connectivity index (χ0n) is 14.2. The molecule has 3 rings (SSSR count). The zero-order valence-corrected chi connectivity index (χ0v) is 14.2. The van der Waals surface area contributed by atoms with Crippen molar-refractivity contribution in [2.75, 3.05) is 0 Å². The monoisotopic (exact) mass is 339 g/mol. The van der Waals surface area contributed by atoms with Crippen molar-refractivity contribution in [3.63, 3.8) is 0 Å². The van der Waals surface area contributed by atoms with E-state index in [1.54, 1.807) is 12.1 Å². The maximum atomic E-state index is 12.5. The Labute approximate surface area is 146 Å². The van der Waals surface area contributed by atoms with E-state index >= 15 is 0 Å². The van der Waals surface area contributed by atoms with Crippen LogP contribution in [0.1, 0.15) is 41.1 Å². The van der Waals surface area contributed by atoms with E-state index in [1.165, 1.54) is 6.20 Å². The average molecular weight is 339 g/mol. The highest BCUT2D eigenvalue weighted by atomic mass is 16.5. The van der Waals surface area contributed by atoms with Crippen LogP contribution >= 0.6 is 0 Å². The molecule has 6 nitrogen and oxygen atoms in total. The first-order valence-electron chi connectivity index (χ1n) is 8.17. The van der Waals surface area contributed by atoms with Gasteiger partial charge in [0.15, 0.2) is 0 Å². The van der Waals surface area contributed by atoms with Crippen molar-refractivity contribution in [3.05, 3.63) is 59.9 Å². The number of ether oxygens (including phenoxy) is 1. The summed E-state index contributed by atoms with van der Waals surface area (Å²) < 4.78 is 6.01. The third-order valence-electron chi connectivity index (χ3n) is 4.79. The second kappa shape index (κ2) is 6.55. The van der Waals surface area contributed by atoms with Crippen molar-refractivity contribution < 1.29 is 14.3 Å². The van der Waals surface area contributed by atoms with Crippen LogP contribution < -0.4 is 15.8 Å². The van der Waals surface area contributed by atoms with Crippen molar-refractivity contribution in [2.45, 2.75) is 32.4 Å². The number of carbonyl (C=O) groups excluding carboxylic acids is 2. The standard InChI is InChI=1S/C19H21N3O3/c1-19(2)14(11-15(19)25-12-7-4-3-5-8-12)22-18(24)13-9-6-10-21-16(13)17(20)23/h3-10,14-15H,11H2,1-2H3,(H2,20,23)(H,22,24)/t14-,15+/m0/s1. The molecule has 0 radical (unpaired) electrons. The number of pyridine rings is 1. The number of carbonyl (C=O) groups is 2. The van der Waals surface area contributed by atoms with Gasteiger partial charge in [0, 0.05) is 24.1 Å². The molecule has 1 aromatic heterocycles. The van der Waals surface area contributed by atoms with Crippen LogP contribution in [0.4, 0.5) is 0 Å². The molecule has 1 heterocycles. The van der Waals surface area contributed by atoms with Gasteiger partial charge in [-0.3, -0.25) is 14.6 Å². The van der Waals surface area contributed by atoms with Crippen LogP contribution in [0.3, 0.4) is 0 Å². The van der Waals surface area contributed by atoms with E-state index in [9.17, 15) is 9.59 Å². The van der Waals surface area contributed by atoms with Gasteiger partial charge in [-0.05, 0) is 24.3 Å². The number of nitrogens with one attached hydrogen (secondary N) is 1. The molecular weight excluding hydrogens is 318 g/mol. The predicted molar refractivity (Wildman–Crippen MR) is 93.3 cm³/mol. The number of aromatic nitrogens is 1. The normalized spacial score (nSPS) is 21.0. The molecule has 0 aliphatic heterocycles. The van der Waals surface area contributed by atoms with Crippen LogP contribution in [0.25, 0.3) is 0 Å². The number of hydrogen-bond acceptors (Lipinski definition) is 4. The molecule has 2 aromatic rings. The van der Waals surface area contributed by atoms with E-state index in [2.05, 4.69) is 10.3 Å². The Morgan fingerprint density at radius 2 is 1.92 bits per heavy atom. The van der Waals surface area contributed by atoms with Crippen LogP contribution in [0.15, 0.2) is 48.7 Å². The van der Waals surface area contributed by atoms with Crippen LogP contribution in [0.2, 0.25) is 0 Å². The summed E-state index contributed by atoms with van der Waals surface area (Å²) in [5.41, 5.74) is 5.23. The van der Waals surface area contributed by atoms with E-state index < -0.39 is 5.91 Å². The van der Waals surface area contributed by atoms with Crippen LogP contribution in [0.5, 0.6) is 5.75 Å². The summed E-state index contributed by atoms with van der Waals surface area (Å²) in [5.74, 6) is -0.254. The van der Waals surface area contributed by atoms with Gasteiger partial charge in [0.2, 0.25) is 0 Å². The minimum Gasteiger partial charge on any atom is -0.490 e. The minimum atomic E-state index is -0.719. The molecule has 1 aromatic carbocycles. The largest absolute Gasteiger partial charge is 0.490 e. The summed E-state index contributed by atoms with van der Waals surface area (Å²) in [6, 6.07) is 12.7. The highest BCUT2D eigenvalue weighted by Crippen LogP contribution is 2.43. The van der Waals surface area contributed by atoms with E-state index in [1.807, 2.05) is 44.2 Å². The summed E-state index contributed by atoms with van der Waals surface area (Å²) in [5, 5.41) is 2.97. The molecule has 0 saturated heterocycles. The molecule has 1 aliphatic rings. The maximum absolute atomic E-state index is 12.5. The Kier molecular flexibility index (Phi) is 4.44. The topological polar surface area (TPSA) is 94.3 Å². The smallest absolute Gasteiger partial charge is 0.268 e. The first-order chi connectivity index (χ1) is 11.9. The molecule has 0 spiro atoms. The van der Waals surface area contributed by atoms with Crippen molar-refractivity contribution >= 4 is 11.8 Å². The first-order valence-corrected chi connectivity index (χ1v) is 8.17. The highest BCUT2D eigenvalue weighted by molar-refractivity contribution is 6.05. The Bertz CT molecular complexity index is 790. The molecule has 6 heteroatoms. The van der Waals surface area contributed by atoms with Gasteiger partial charge in [-0.25, -0.2) is 0 Å². The number of para-hydroxylation sites is 1. The fourth-order valence-corrected chi connectivity index (χ4v) is 3.01. The fourth-order valence-electron chi connectivity index (χ4n) is 3.01. The van der Waals surface area contributed by atoms with Gasteiger partial charge in [0.1, 0.15) is 17.5 Å². The number of primary amides is 1. The maximum Gasteiger partial charge on any atom is 0.268 e. The lowest BCUT2D eigenvalue weighted by Crippen LogP contribution is -2.63. The Morgan fingerprint density at radius 3 is 2.56 bits per heavy atom. The molecule has 0 unspecified atom stereocenters. The molecule has 130 valence electrons. The number of amides is 2. The van der Waals surface area contributed by atoms with Gasteiger partial charge in [-0.1, -0.05) is 32.0 Å².